The van der Waals surface area contributed by atoms with E-state index in [9.17, 15) is 9.59 Å². The van der Waals surface area contributed by atoms with E-state index in [-0.39, 0.29) is 17.7 Å². The van der Waals surface area contributed by atoms with Crippen molar-refractivity contribution in [1.82, 2.24) is 0 Å². The summed E-state index contributed by atoms with van der Waals surface area (Å²) in [7, 11) is 0. The van der Waals surface area contributed by atoms with Gasteiger partial charge in [0.2, 0.25) is 11.8 Å². The van der Waals surface area contributed by atoms with Gasteiger partial charge in [0, 0.05) is 27.2 Å². The molecule has 0 radical (unpaired) electrons. The molecule has 152 valence electrons. The Bertz CT molecular complexity index is 1020. The smallest absolute Gasteiger partial charge is 0.242 e. The van der Waals surface area contributed by atoms with Gasteiger partial charge in [-0.2, -0.15) is 0 Å². The Kier molecular flexibility index (Phi) is 6.41. The first-order valence-corrected chi connectivity index (χ1v) is 11.0. The van der Waals surface area contributed by atoms with Crippen molar-refractivity contribution in [3.05, 3.63) is 89.4 Å². The number of benzene rings is 3. The molecule has 1 aliphatic carbocycles. The number of hydrogen-bond donors (Lipinski definition) is 2. The number of anilines is 2. The SMILES string of the molecule is O=C(Nc1ccc(SC(C(=O)Nc2ccc(Cl)cc2)c2ccccc2)cc1)C1CC1. The summed E-state index contributed by atoms with van der Waals surface area (Å²) in [4.78, 5) is 25.9. The molecule has 30 heavy (non-hydrogen) atoms. The van der Waals surface area contributed by atoms with Gasteiger partial charge in [0.1, 0.15) is 5.25 Å². The lowest BCUT2D eigenvalue weighted by atomic mass is 10.1. The lowest BCUT2D eigenvalue weighted by Crippen LogP contribution is -2.19. The molecule has 3 aromatic carbocycles. The largest absolute Gasteiger partial charge is 0.326 e. The Hall–Kier alpha value is -2.76. The lowest BCUT2D eigenvalue weighted by Gasteiger charge is -2.17. The highest BCUT2D eigenvalue weighted by molar-refractivity contribution is 8.00. The summed E-state index contributed by atoms with van der Waals surface area (Å²) in [6.07, 6.45) is 1.95. The van der Waals surface area contributed by atoms with Crippen molar-refractivity contribution >= 4 is 46.6 Å². The molecule has 2 N–H and O–H groups in total. The fourth-order valence-electron chi connectivity index (χ4n) is 2.98. The predicted molar refractivity (Wildman–Crippen MR) is 123 cm³/mol. The molecule has 0 heterocycles. The third-order valence-electron chi connectivity index (χ3n) is 4.78. The molecular formula is C24H21ClN2O2S. The summed E-state index contributed by atoms with van der Waals surface area (Å²) in [5, 5.41) is 6.11. The third kappa shape index (κ3) is 5.43. The fourth-order valence-corrected chi connectivity index (χ4v) is 4.14. The van der Waals surface area contributed by atoms with Gasteiger partial charge in [-0.05, 0) is 66.9 Å². The van der Waals surface area contributed by atoms with Crippen LogP contribution in [0.25, 0.3) is 0 Å². The average Bonchev–Trinajstić information content (AvgIpc) is 3.61. The highest BCUT2D eigenvalue weighted by atomic mass is 35.5. The Morgan fingerprint density at radius 3 is 2.07 bits per heavy atom. The van der Waals surface area contributed by atoms with Crippen LogP contribution in [-0.4, -0.2) is 11.8 Å². The summed E-state index contributed by atoms with van der Waals surface area (Å²) in [5.74, 6) is 0.137. The van der Waals surface area contributed by atoms with Crippen LogP contribution >= 0.6 is 23.4 Å². The number of amides is 2. The van der Waals surface area contributed by atoms with Crippen LogP contribution in [-0.2, 0) is 9.59 Å². The highest BCUT2D eigenvalue weighted by Gasteiger charge is 2.29. The summed E-state index contributed by atoms with van der Waals surface area (Å²) in [6, 6.07) is 24.3. The van der Waals surface area contributed by atoms with E-state index in [1.54, 1.807) is 24.3 Å². The van der Waals surface area contributed by atoms with Gasteiger partial charge in [-0.15, -0.1) is 11.8 Å². The number of rotatable bonds is 7. The van der Waals surface area contributed by atoms with Crippen LogP contribution in [0.2, 0.25) is 5.02 Å². The van der Waals surface area contributed by atoms with Crippen molar-refractivity contribution in [1.29, 1.82) is 0 Å². The molecule has 1 aliphatic rings. The Labute approximate surface area is 185 Å². The van der Waals surface area contributed by atoms with Crippen LogP contribution in [0.5, 0.6) is 0 Å². The summed E-state index contributed by atoms with van der Waals surface area (Å²) >= 11 is 7.40. The minimum absolute atomic E-state index is 0.0832. The number of carbonyl (C=O) groups excluding carboxylic acids is 2. The van der Waals surface area contributed by atoms with Crippen molar-refractivity contribution in [2.75, 3.05) is 10.6 Å². The highest BCUT2D eigenvalue weighted by Crippen LogP contribution is 2.37. The molecule has 0 spiro atoms. The second kappa shape index (κ2) is 9.37. The summed E-state index contributed by atoms with van der Waals surface area (Å²) in [6.45, 7) is 0. The van der Waals surface area contributed by atoms with Crippen LogP contribution in [0.3, 0.4) is 0 Å². The molecule has 1 unspecified atom stereocenters. The standard InChI is InChI=1S/C24H21ClN2O2S/c25-18-8-10-19(11-9-18)27-24(29)22(16-4-2-1-3-5-16)30-21-14-12-20(13-15-21)26-23(28)17-6-7-17/h1-5,8-15,17,22H,6-7H2,(H,26,28)(H,27,29). The molecule has 1 fully saturated rings. The van der Waals surface area contributed by atoms with E-state index < -0.39 is 5.25 Å². The summed E-state index contributed by atoms with van der Waals surface area (Å²) < 4.78 is 0. The van der Waals surface area contributed by atoms with Crippen molar-refractivity contribution in [3.63, 3.8) is 0 Å². The molecule has 0 aromatic heterocycles. The van der Waals surface area contributed by atoms with Gasteiger partial charge >= 0.3 is 0 Å². The van der Waals surface area contributed by atoms with Crippen LogP contribution in [0.4, 0.5) is 11.4 Å². The fraction of sp³-hybridized carbons (Fsp3) is 0.167. The first kappa shape index (κ1) is 20.5. The van der Waals surface area contributed by atoms with Crippen LogP contribution in [0, 0.1) is 5.92 Å². The topological polar surface area (TPSA) is 58.2 Å². The van der Waals surface area contributed by atoms with E-state index in [1.165, 1.54) is 11.8 Å². The maximum absolute atomic E-state index is 13.1. The first-order chi connectivity index (χ1) is 14.6. The number of nitrogens with one attached hydrogen (secondary N) is 2. The number of halogens is 1. The van der Waals surface area contributed by atoms with Crippen molar-refractivity contribution in [2.24, 2.45) is 5.92 Å². The number of hydrogen-bond acceptors (Lipinski definition) is 3. The van der Waals surface area contributed by atoms with Gasteiger partial charge in [0.15, 0.2) is 0 Å². The van der Waals surface area contributed by atoms with E-state index in [2.05, 4.69) is 10.6 Å². The number of thioether (sulfide) groups is 1. The predicted octanol–water partition coefficient (Wildman–Crippen LogP) is 6.16. The molecule has 4 nitrogen and oxygen atoms in total. The van der Waals surface area contributed by atoms with Gasteiger partial charge in [-0.3, -0.25) is 9.59 Å². The molecular weight excluding hydrogens is 416 g/mol. The van der Waals surface area contributed by atoms with Crippen molar-refractivity contribution in [2.45, 2.75) is 23.0 Å². The lowest BCUT2D eigenvalue weighted by molar-refractivity contribution is -0.117. The van der Waals surface area contributed by atoms with Crippen molar-refractivity contribution < 1.29 is 9.59 Å². The normalized spacial score (nSPS) is 14.0. The molecule has 1 saturated carbocycles. The quantitative estimate of drug-likeness (QED) is 0.436. The molecule has 2 amide bonds. The zero-order valence-electron chi connectivity index (χ0n) is 16.2. The summed E-state index contributed by atoms with van der Waals surface area (Å²) in [5.41, 5.74) is 2.39. The van der Waals surface area contributed by atoms with Gasteiger partial charge in [0.05, 0.1) is 0 Å². The Morgan fingerprint density at radius 1 is 0.833 bits per heavy atom. The Balaban J connectivity index is 1.49. The van der Waals surface area contributed by atoms with Crippen LogP contribution in [0.15, 0.2) is 83.8 Å². The van der Waals surface area contributed by atoms with E-state index in [0.29, 0.717) is 10.7 Å². The molecule has 0 aliphatic heterocycles. The maximum atomic E-state index is 13.1. The Morgan fingerprint density at radius 2 is 1.43 bits per heavy atom. The van der Waals surface area contributed by atoms with E-state index in [4.69, 9.17) is 11.6 Å². The van der Waals surface area contributed by atoms with Crippen LogP contribution in [0.1, 0.15) is 23.7 Å². The van der Waals surface area contributed by atoms with Gasteiger partial charge in [-0.25, -0.2) is 0 Å². The molecule has 4 rings (SSSR count). The maximum Gasteiger partial charge on any atom is 0.242 e. The van der Waals surface area contributed by atoms with Crippen LogP contribution < -0.4 is 10.6 Å². The minimum Gasteiger partial charge on any atom is -0.326 e. The molecule has 0 bridgehead atoms. The zero-order valence-corrected chi connectivity index (χ0v) is 17.7. The van der Waals surface area contributed by atoms with Gasteiger partial charge in [-0.1, -0.05) is 41.9 Å². The van der Waals surface area contributed by atoms with E-state index >= 15 is 0 Å². The molecule has 0 saturated heterocycles. The van der Waals surface area contributed by atoms with E-state index in [1.807, 2.05) is 54.6 Å². The molecule has 3 aromatic rings. The minimum atomic E-state index is -0.422. The van der Waals surface area contributed by atoms with Crippen molar-refractivity contribution in [3.8, 4) is 0 Å². The molecule has 6 heteroatoms. The van der Waals surface area contributed by atoms with Gasteiger partial charge < -0.3 is 10.6 Å². The average molecular weight is 437 g/mol. The second-order valence-corrected chi connectivity index (χ2v) is 8.81. The third-order valence-corrected chi connectivity index (χ3v) is 6.29. The number of carbonyl (C=O) groups is 2. The van der Waals surface area contributed by atoms with Gasteiger partial charge in [0.25, 0.3) is 0 Å². The van der Waals surface area contributed by atoms with E-state index in [0.717, 1.165) is 29.0 Å². The zero-order chi connectivity index (χ0) is 20.9. The second-order valence-electron chi connectivity index (χ2n) is 7.19. The molecule has 1 atom stereocenters. The first-order valence-electron chi connectivity index (χ1n) is 9.77. The monoisotopic (exact) mass is 436 g/mol.